The first-order valence-corrected chi connectivity index (χ1v) is 12.7. The Balaban J connectivity index is 1.56. The largest absolute Gasteiger partial charge is 0.477 e. The number of aromatic carboxylic acids is 1. The van der Waals surface area contributed by atoms with Crippen molar-refractivity contribution in [2.24, 2.45) is 7.05 Å². The van der Waals surface area contributed by atoms with Crippen LogP contribution >= 0.6 is 22.9 Å². The zero-order valence-electron chi connectivity index (χ0n) is 19.2. The second-order valence-electron chi connectivity index (χ2n) is 8.96. The minimum Gasteiger partial charge on any atom is -0.477 e. The number of carboxylic acids is 1. The van der Waals surface area contributed by atoms with Gasteiger partial charge in [0.25, 0.3) is 0 Å². The molecule has 0 saturated heterocycles. The number of carbonyl (C=O) groups is 1. The van der Waals surface area contributed by atoms with Crippen molar-refractivity contribution in [2.75, 3.05) is 0 Å². The van der Waals surface area contributed by atoms with Gasteiger partial charge >= 0.3 is 5.97 Å². The fourth-order valence-corrected chi connectivity index (χ4v) is 6.62. The van der Waals surface area contributed by atoms with Crippen molar-refractivity contribution in [1.82, 2.24) is 9.47 Å². The molecule has 0 amide bonds. The topological polar surface area (TPSA) is 45.5 Å². The number of hydrogen-bond acceptors (Lipinski definition) is 3. The highest BCUT2D eigenvalue weighted by Gasteiger charge is 2.29. The molecule has 5 aromatic rings. The molecule has 0 saturated carbocycles. The van der Waals surface area contributed by atoms with Gasteiger partial charge in [0.15, 0.2) is 0 Å². The predicted octanol–water partition coefficient (Wildman–Crippen LogP) is 7.44. The van der Waals surface area contributed by atoms with Crippen molar-refractivity contribution in [1.29, 1.82) is 0 Å². The minimum absolute atomic E-state index is 0.418. The summed E-state index contributed by atoms with van der Waals surface area (Å²) in [5.74, 6) is -0.870. The third-order valence-corrected chi connectivity index (χ3v) is 8.25. The number of halogens is 1. The van der Waals surface area contributed by atoms with Gasteiger partial charge in [0.1, 0.15) is 4.88 Å². The van der Waals surface area contributed by atoms with Gasteiger partial charge in [-0.3, -0.25) is 4.90 Å². The van der Waals surface area contributed by atoms with Crippen molar-refractivity contribution in [3.05, 3.63) is 105 Å². The highest BCUT2D eigenvalue weighted by Crippen LogP contribution is 2.47. The van der Waals surface area contributed by atoms with E-state index in [1.165, 1.54) is 22.5 Å². The van der Waals surface area contributed by atoms with Gasteiger partial charge in [0.05, 0.1) is 15.9 Å². The Morgan fingerprint density at radius 3 is 2.17 bits per heavy atom. The summed E-state index contributed by atoms with van der Waals surface area (Å²) in [6, 6.07) is 26.5. The number of aryl methyl sites for hydroxylation is 1. The van der Waals surface area contributed by atoms with Crippen LogP contribution in [0.5, 0.6) is 0 Å². The van der Waals surface area contributed by atoms with Crippen LogP contribution in [-0.2, 0) is 26.7 Å². The van der Waals surface area contributed by atoms with Gasteiger partial charge in [0, 0.05) is 42.8 Å². The lowest BCUT2D eigenvalue weighted by atomic mass is 10.0. The van der Waals surface area contributed by atoms with Crippen LogP contribution in [0.2, 0.25) is 5.02 Å². The average molecular weight is 499 g/mol. The van der Waals surface area contributed by atoms with Crippen LogP contribution in [0.25, 0.3) is 32.6 Å². The fraction of sp³-hybridized carbons (Fsp3) is 0.138. The number of benzene rings is 3. The Bertz CT molecular complexity index is 1540. The minimum atomic E-state index is -0.870. The van der Waals surface area contributed by atoms with Gasteiger partial charge in [-0.05, 0) is 34.4 Å². The average Bonchev–Trinajstić information content (AvgIpc) is 3.52. The Morgan fingerprint density at radius 1 is 0.914 bits per heavy atom. The normalized spacial score (nSPS) is 13.4. The zero-order chi connectivity index (χ0) is 24.1. The predicted molar refractivity (Wildman–Crippen MR) is 143 cm³/mol. The summed E-state index contributed by atoms with van der Waals surface area (Å²) in [5, 5.41) is 10.9. The molecule has 6 heteroatoms. The third-order valence-electron chi connectivity index (χ3n) is 6.78. The van der Waals surface area contributed by atoms with E-state index in [0.717, 1.165) is 51.3 Å². The highest BCUT2D eigenvalue weighted by atomic mass is 35.5. The number of carboxylic acid groups (broad SMARTS) is 1. The molecule has 3 heterocycles. The monoisotopic (exact) mass is 498 g/mol. The number of aromatic nitrogens is 1. The summed E-state index contributed by atoms with van der Waals surface area (Å²) in [4.78, 5) is 15.1. The Labute approximate surface area is 212 Å². The molecule has 174 valence electrons. The van der Waals surface area contributed by atoms with Gasteiger partial charge in [-0.1, -0.05) is 78.3 Å². The van der Waals surface area contributed by atoms with Crippen molar-refractivity contribution < 1.29 is 9.90 Å². The Hall–Kier alpha value is -3.38. The summed E-state index contributed by atoms with van der Waals surface area (Å²) >= 11 is 7.57. The van der Waals surface area contributed by atoms with E-state index in [2.05, 4.69) is 45.9 Å². The number of rotatable bonds is 5. The summed E-state index contributed by atoms with van der Waals surface area (Å²) < 4.78 is 3.18. The SMILES string of the molecule is Cn1c(-c2ccc(Cl)cc2)c(-c2ccccc2)c2sc(C(=O)O)c(CN3Cc4ccccc4C3)c21. The summed E-state index contributed by atoms with van der Waals surface area (Å²) in [6.07, 6.45) is 0. The molecule has 35 heavy (non-hydrogen) atoms. The number of nitrogens with zero attached hydrogens (tertiary/aromatic N) is 2. The van der Waals surface area contributed by atoms with Crippen molar-refractivity contribution >= 4 is 39.1 Å². The van der Waals surface area contributed by atoms with E-state index in [1.807, 2.05) is 49.5 Å². The summed E-state index contributed by atoms with van der Waals surface area (Å²) in [7, 11) is 2.04. The van der Waals surface area contributed by atoms with Gasteiger partial charge in [-0.2, -0.15) is 0 Å². The fourth-order valence-electron chi connectivity index (χ4n) is 5.24. The molecule has 0 radical (unpaired) electrons. The Morgan fingerprint density at radius 2 is 1.54 bits per heavy atom. The molecule has 0 spiro atoms. The molecular formula is C29H23ClN2O2S. The molecule has 1 aliphatic heterocycles. The number of thiophene rings is 1. The molecule has 1 aliphatic rings. The van der Waals surface area contributed by atoms with Gasteiger partial charge in [0.2, 0.25) is 0 Å². The van der Waals surface area contributed by atoms with Crippen LogP contribution in [0.3, 0.4) is 0 Å². The van der Waals surface area contributed by atoms with Gasteiger partial charge in [-0.25, -0.2) is 4.79 Å². The van der Waals surface area contributed by atoms with Crippen LogP contribution in [0.1, 0.15) is 26.4 Å². The maximum atomic E-state index is 12.4. The van der Waals surface area contributed by atoms with E-state index in [0.29, 0.717) is 16.4 Å². The highest BCUT2D eigenvalue weighted by molar-refractivity contribution is 7.21. The maximum absolute atomic E-state index is 12.4. The first-order valence-electron chi connectivity index (χ1n) is 11.5. The molecule has 0 fully saturated rings. The molecule has 0 unspecified atom stereocenters. The van der Waals surface area contributed by atoms with E-state index in [4.69, 9.17) is 11.6 Å². The van der Waals surface area contributed by atoms with Crippen LogP contribution < -0.4 is 0 Å². The summed E-state index contributed by atoms with van der Waals surface area (Å²) in [6.45, 7) is 2.24. The van der Waals surface area contributed by atoms with Gasteiger partial charge < -0.3 is 9.67 Å². The molecule has 6 rings (SSSR count). The van der Waals surface area contributed by atoms with E-state index < -0.39 is 5.97 Å². The van der Waals surface area contributed by atoms with Crippen molar-refractivity contribution in [2.45, 2.75) is 19.6 Å². The van der Waals surface area contributed by atoms with Crippen LogP contribution in [0, 0.1) is 0 Å². The van der Waals surface area contributed by atoms with E-state index >= 15 is 0 Å². The third kappa shape index (κ3) is 3.76. The smallest absolute Gasteiger partial charge is 0.346 e. The Kier molecular flexibility index (Phi) is 5.49. The summed E-state index contributed by atoms with van der Waals surface area (Å²) in [5.41, 5.74) is 8.75. The molecule has 4 nitrogen and oxygen atoms in total. The quantitative estimate of drug-likeness (QED) is 0.274. The molecule has 0 aliphatic carbocycles. The first kappa shape index (κ1) is 22.1. The van der Waals surface area contributed by atoms with E-state index in [1.54, 1.807) is 0 Å². The lowest BCUT2D eigenvalue weighted by Gasteiger charge is -2.16. The van der Waals surface area contributed by atoms with Crippen molar-refractivity contribution in [3.63, 3.8) is 0 Å². The molecule has 0 atom stereocenters. The van der Waals surface area contributed by atoms with Crippen LogP contribution in [-0.4, -0.2) is 20.5 Å². The van der Waals surface area contributed by atoms with Gasteiger partial charge in [-0.15, -0.1) is 11.3 Å². The second kappa shape index (κ2) is 8.68. The van der Waals surface area contributed by atoms with E-state index in [-0.39, 0.29) is 0 Å². The standard InChI is InChI=1S/C29H23ClN2O2S/c1-31-25(19-11-13-22(30)14-12-19)24(18-7-3-2-4-8-18)28-26(31)23(27(35-28)29(33)34)17-32-15-20-9-5-6-10-21(20)16-32/h2-14H,15-17H2,1H3,(H,33,34). The van der Waals surface area contributed by atoms with Crippen molar-refractivity contribution in [3.8, 4) is 22.4 Å². The van der Waals surface area contributed by atoms with Crippen LogP contribution in [0.15, 0.2) is 78.9 Å². The molecule has 1 N–H and O–H groups in total. The molecule has 2 aromatic heterocycles. The van der Waals surface area contributed by atoms with E-state index in [9.17, 15) is 9.90 Å². The molecular weight excluding hydrogens is 476 g/mol. The second-order valence-corrected chi connectivity index (χ2v) is 10.4. The lowest BCUT2D eigenvalue weighted by Crippen LogP contribution is -2.17. The lowest BCUT2D eigenvalue weighted by molar-refractivity contribution is 0.0700. The molecule has 3 aromatic carbocycles. The molecule has 0 bridgehead atoms. The number of fused-ring (bicyclic) bond motifs is 2. The number of hydrogen-bond donors (Lipinski definition) is 1. The maximum Gasteiger partial charge on any atom is 0.346 e. The zero-order valence-corrected chi connectivity index (χ0v) is 20.7. The van der Waals surface area contributed by atoms with Crippen LogP contribution in [0.4, 0.5) is 0 Å². The first-order chi connectivity index (χ1) is 17.0.